The lowest BCUT2D eigenvalue weighted by Gasteiger charge is -2.04. The standard InChI is InChI=1S/C15H24N4O2/c1-12-10-14(21-19-12)11-15(20)18-8-5-3-4-6-13(16)7-9-17-2/h7,9-10H,3-6,8,11,16H2,1-2H3,(H,18,20). The van der Waals surface area contributed by atoms with Gasteiger partial charge in [-0.1, -0.05) is 11.6 Å². The molecular weight excluding hydrogens is 268 g/mol. The van der Waals surface area contributed by atoms with Gasteiger partial charge in [0.15, 0.2) is 0 Å². The number of aromatic nitrogens is 1. The van der Waals surface area contributed by atoms with Crippen molar-refractivity contribution in [2.75, 3.05) is 13.6 Å². The molecule has 0 radical (unpaired) electrons. The lowest BCUT2D eigenvalue weighted by molar-refractivity contribution is -0.120. The highest BCUT2D eigenvalue weighted by atomic mass is 16.5. The summed E-state index contributed by atoms with van der Waals surface area (Å²) < 4.78 is 5.00. The van der Waals surface area contributed by atoms with Crippen molar-refractivity contribution >= 4 is 12.1 Å². The molecule has 0 fully saturated rings. The Kier molecular flexibility index (Phi) is 7.86. The van der Waals surface area contributed by atoms with E-state index < -0.39 is 0 Å². The van der Waals surface area contributed by atoms with E-state index in [1.807, 2.05) is 13.0 Å². The van der Waals surface area contributed by atoms with Crippen LogP contribution in [0, 0.1) is 6.92 Å². The highest BCUT2D eigenvalue weighted by Crippen LogP contribution is 2.04. The van der Waals surface area contributed by atoms with E-state index >= 15 is 0 Å². The fourth-order valence-electron chi connectivity index (χ4n) is 1.83. The van der Waals surface area contributed by atoms with Crippen LogP contribution in [0.5, 0.6) is 0 Å². The van der Waals surface area contributed by atoms with Crippen LogP contribution >= 0.6 is 0 Å². The zero-order valence-electron chi connectivity index (χ0n) is 12.8. The summed E-state index contributed by atoms with van der Waals surface area (Å²) in [4.78, 5) is 15.5. The quantitative estimate of drug-likeness (QED) is 0.535. The van der Waals surface area contributed by atoms with Crippen LogP contribution in [0.2, 0.25) is 0 Å². The molecule has 0 atom stereocenters. The van der Waals surface area contributed by atoms with Crippen molar-refractivity contribution in [1.82, 2.24) is 10.5 Å². The summed E-state index contributed by atoms with van der Waals surface area (Å²) >= 11 is 0. The molecule has 6 nitrogen and oxygen atoms in total. The third-order valence-electron chi connectivity index (χ3n) is 2.91. The van der Waals surface area contributed by atoms with E-state index in [0.29, 0.717) is 12.3 Å². The fraction of sp³-hybridized carbons (Fsp3) is 0.533. The Labute approximate surface area is 125 Å². The van der Waals surface area contributed by atoms with Crippen molar-refractivity contribution in [2.45, 2.75) is 39.0 Å². The first-order valence-electron chi connectivity index (χ1n) is 7.17. The average Bonchev–Trinajstić information content (AvgIpc) is 2.85. The molecule has 1 aromatic heterocycles. The van der Waals surface area contributed by atoms with Crippen LogP contribution in [-0.2, 0) is 11.2 Å². The molecule has 1 rings (SSSR count). The van der Waals surface area contributed by atoms with Crippen LogP contribution in [0.1, 0.15) is 37.1 Å². The minimum Gasteiger partial charge on any atom is -0.402 e. The Hall–Kier alpha value is -2.11. The molecular formula is C15H24N4O2. The zero-order valence-corrected chi connectivity index (χ0v) is 12.8. The number of hydrogen-bond donors (Lipinski definition) is 2. The number of nitrogens with zero attached hydrogens (tertiary/aromatic N) is 2. The van der Waals surface area contributed by atoms with E-state index in [0.717, 1.165) is 37.1 Å². The second-order valence-electron chi connectivity index (χ2n) is 4.92. The van der Waals surface area contributed by atoms with Crippen molar-refractivity contribution in [3.63, 3.8) is 0 Å². The molecule has 3 N–H and O–H groups in total. The number of carbonyl (C=O) groups excluding carboxylic acids is 1. The maximum atomic E-state index is 11.6. The van der Waals surface area contributed by atoms with Gasteiger partial charge in [-0.2, -0.15) is 0 Å². The van der Waals surface area contributed by atoms with Crippen LogP contribution in [0.3, 0.4) is 0 Å². The van der Waals surface area contributed by atoms with Crippen LogP contribution in [-0.4, -0.2) is 30.9 Å². The smallest absolute Gasteiger partial charge is 0.227 e. The third-order valence-corrected chi connectivity index (χ3v) is 2.91. The molecule has 1 heterocycles. The molecule has 0 aromatic carbocycles. The number of amides is 1. The summed E-state index contributed by atoms with van der Waals surface area (Å²) in [5.74, 6) is 0.560. The van der Waals surface area contributed by atoms with Gasteiger partial charge >= 0.3 is 0 Å². The Morgan fingerprint density at radius 2 is 2.29 bits per heavy atom. The summed E-state index contributed by atoms with van der Waals surface area (Å²) in [5, 5.41) is 6.62. The first-order chi connectivity index (χ1) is 10.1. The van der Waals surface area contributed by atoms with Gasteiger partial charge in [0.2, 0.25) is 5.91 Å². The van der Waals surface area contributed by atoms with E-state index in [2.05, 4.69) is 15.5 Å². The van der Waals surface area contributed by atoms with Crippen LogP contribution in [0.25, 0.3) is 0 Å². The van der Waals surface area contributed by atoms with Gasteiger partial charge in [0, 0.05) is 31.6 Å². The number of aliphatic imine (C=N–C) groups is 1. The summed E-state index contributed by atoms with van der Waals surface area (Å²) in [6.07, 6.45) is 7.60. The van der Waals surface area contributed by atoms with E-state index in [-0.39, 0.29) is 12.3 Å². The Bertz CT molecular complexity index is 492. The first kappa shape index (κ1) is 16.9. The summed E-state index contributed by atoms with van der Waals surface area (Å²) in [6.45, 7) is 2.50. The number of nitrogens with two attached hydrogens (primary N) is 1. The van der Waals surface area contributed by atoms with E-state index in [4.69, 9.17) is 10.3 Å². The Morgan fingerprint density at radius 3 is 2.95 bits per heavy atom. The number of hydrogen-bond acceptors (Lipinski definition) is 5. The number of rotatable bonds is 9. The molecule has 0 aliphatic heterocycles. The lowest BCUT2D eigenvalue weighted by Crippen LogP contribution is -2.25. The summed E-state index contributed by atoms with van der Waals surface area (Å²) in [6, 6.07) is 1.77. The van der Waals surface area contributed by atoms with Gasteiger partial charge in [0.25, 0.3) is 0 Å². The Morgan fingerprint density at radius 1 is 1.48 bits per heavy atom. The van der Waals surface area contributed by atoms with Crippen LogP contribution < -0.4 is 11.1 Å². The highest BCUT2D eigenvalue weighted by molar-refractivity contribution is 5.77. The monoisotopic (exact) mass is 292 g/mol. The van der Waals surface area contributed by atoms with Gasteiger partial charge in [0.05, 0.1) is 12.1 Å². The van der Waals surface area contributed by atoms with Crippen molar-refractivity contribution in [3.8, 4) is 0 Å². The first-order valence-corrected chi connectivity index (χ1v) is 7.17. The third kappa shape index (κ3) is 7.91. The average molecular weight is 292 g/mol. The molecule has 6 heteroatoms. The van der Waals surface area contributed by atoms with Gasteiger partial charge in [-0.25, -0.2) is 0 Å². The Balaban J connectivity index is 2.05. The highest BCUT2D eigenvalue weighted by Gasteiger charge is 2.07. The molecule has 0 saturated carbocycles. The molecule has 0 aliphatic rings. The minimum atomic E-state index is -0.0373. The fourth-order valence-corrected chi connectivity index (χ4v) is 1.83. The molecule has 0 aliphatic carbocycles. The SMILES string of the molecule is CN=CC=C(N)CCCCCNC(=O)Cc1cc(C)no1. The number of nitrogens with one attached hydrogen (secondary N) is 1. The van der Waals surface area contributed by atoms with Gasteiger partial charge in [-0.15, -0.1) is 0 Å². The van der Waals surface area contributed by atoms with Crippen LogP contribution in [0.4, 0.5) is 0 Å². The van der Waals surface area contributed by atoms with E-state index in [9.17, 15) is 4.79 Å². The van der Waals surface area contributed by atoms with E-state index in [1.54, 1.807) is 19.3 Å². The number of unbranched alkanes of at least 4 members (excludes halogenated alkanes) is 2. The molecule has 0 bridgehead atoms. The minimum absolute atomic E-state index is 0.0373. The summed E-state index contributed by atoms with van der Waals surface area (Å²) in [5.41, 5.74) is 7.42. The molecule has 1 amide bonds. The molecule has 116 valence electrons. The topological polar surface area (TPSA) is 93.5 Å². The second-order valence-corrected chi connectivity index (χ2v) is 4.92. The second kappa shape index (κ2) is 9.74. The molecule has 1 aromatic rings. The summed E-state index contributed by atoms with van der Waals surface area (Å²) in [7, 11) is 1.71. The normalized spacial score (nSPS) is 12.0. The van der Waals surface area contributed by atoms with E-state index in [1.165, 1.54) is 0 Å². The molecule has 0 spiro atoms. The van der Waals surface area contributed by atoms with Crippen LogP contribution in [0.15, 0.2) is 27.4 Å². The van der Waals surface area contributed by atoms with Crippen molar-refractivity contribution < 1.29 is 9.32 Å². The van der Waals surface area contributed by atoms with Crippen molar-refractivity contribution in [1.29, 1.82) is 0 Å². The molecule has 0 saturated heterocycles. The van der Waals surface area contributed by atoms with Crippen molar-refractivity contribution in [2.24, 2.45) is 10.7 Å². The maximum Gasteiger partial charge on any atom is 0.227 e. The number of allylic oxidation sites excluding steroid dienone is 2. The zero-order chi connectivity index (χ0) is 15.5. The van der Waals surface area contributed by atoms with Crippen molar-refractivity contribution in [3.05, 3.63) is 29.3 Å². The molecule has 21 heavy (non-hydrogen) atoms. The maximum absolute atomic E-state index is 11.6. The van der Waals surface area contributed by atoms with Gasteiger partial charge in [-0.3, -0.25) is 9.79 Å². The van der Waals surface area contributed by atoms with Gasteiger partial charge in [0.1, 0.15) is 5.76 Å². The largest absolute Gasteiger partial charge is 0.402 e. The number of aryl methyl sites for hydroxylation is 1. The van der Waals surface area contributed by atoms with Gasteiger partial charge < -0.3 is 15.6 Å². The number of carbonyl (C=O) groups is 1. The lowest BCUT2D eigenvalue weighted by atomic mass is 10.1. The predicted octanol–water partition coefficient (Wildman–Crippen LogP) is 1.75. The molecule has 0 unspecified atom stereocenters. The van der Waals surface area contributed by atoms with Gasteiger partial charge in [-0.05, 0) is 32.3 Å². The predicted molar refractivity (Wildman–Crippen MR) is 83.1 cm³/mol.